The number of para-hydroxylation sites is 1. The van der Waals surface area contributed by atoms with E-state index in [0.717, 1.165) is 24.4 Å². The molecule has 2 aromatic rings. The maximum atomic E-state index is 5.86. The lowest BCUT2D eigenvalue weighted by molar-refractivity contribution is -0.0969. The molecule has 0 amide bonds. The van der Waals surface area contributed by atoms with Crippen LogP contribution in [-0.4, -0.2) is 24.4 Å². The zero-order valence-electron chi connectivity index (χ0n) is 13.4. The van der Waals surface area contributed by atoms with Gasteiger partial charge in [-0.2, -0.15) is 0 Å². The average molecular weight is 304 g/mol. The molecule has 0 saturated heterocycles. The number of nitrogens with one attached hydrogen (secondary N) is 1. The van der Waals surface area contributed by atoms with Gasteiger partial charge < -0.3 is 19.3 Å². The van der Waals surface area contributed by atoms with Gasteiger partial charge in [-0.1, -0.05) is 30.3 Å². The highest BCUT2D eigenvalue weighted by Crippen LogP contribution is 2.23. The minimum absolute atomic E-state index is 0.476. The van der Waals surface area contributed by atoms with E-state index in [1.54, 1.807) is 0 Å². The summed E-state index contributed by atoms with van der Waals surface area (Å²) in [5.74, 6) is 1.31. The highest BCUT2D eigenvalue weighted by atomic mass is 16.7. The van der Waals surface area contributed by atoms with Gasteiger partial charge in [0.1, 0.15) is 5.75 Å². The van der Waals surface area contributed by atoms with Crippen LogP contribution in [0.25, 0.3) is 0 Å². The Labute approximate surface area is 131 Å². The average Bonchev–Trinajstić information content (AvgIpc) is 2.97. The Morgan fingerprint density at radius 2 is 2.05 bits per heavy atom. The molecule has 2 rings (SSSR count). The topological polar surface area (TPSA) is 56.5 Å². The molecule has 1 aromatic carbocycles. The van der Waals surface area contributed by atoms with Crippen molar-refractivity contribution in [2.45, 2.75) is 39.5 Å². The van der Waals surface area contributed by atoms with E-state index in [9.17, 15) is 0 Å². The van der Waals surface area contributed by atoms with Crippen molar-refractivity contribution in [2.75, 3.05) is 13.2 Å². The van der Waals surface area contributed by atoms with Gasteiger partial charge in [-0.3, -0.25) is 0 Å². The molecule has 0 fully saturated rings. The molecule has 0 aliphatic carbocycles. The summed E-state index contributed by atoms with van der Waals surface area (Å²) in [7, 11) is 0. The van der Waals surface area contributed by atoms with Crippen molar-refractivity contribution in [3.63, 3.8) is 0 Å². The minimum Gasteiger partial charge on any atom is -0.457 e. The van der Waals surface area contributed by atoms with Crippen molar-refractivity contribution in [2.24, 2.45) is 0 Å². The van der Waals surface area contributed by atoms with E-state index < -0.39 is 6.29 Å². The summed E-state index contributed by atoms with van der Waals surface area (Å²) in [6.07, 6.45) is 0.493. The first-order chi connectivity index (χ1) is 10.7. The van der Waals surface area contributed by atoms with Crippen LogP contribution in [0.5, 0.6) is 5.75 Å². The van der Waals surface area contributed by atoms with E-state index in [1.165, 1.54) is 0 Å². The van der Waals surface area contributed by atoms with Crippen LogP contribution in [0.1, 0.15) is 38.0 Å². The zero-order valence-corrected chi connectivity index (χ0v) is 13.4. The standard InChI is InChI=1S/C17H24N2O3/c1-4-13(2)18-10-11-20-17(16-12-14(3)19-22-16)21-15-8-6-5-7-9-15/h5-9,12-13,17-18H,4,10-11H2,1-3H3. The molecule has 0 aliphatic rings. The normalized spacial score (nSPS) is 13.8. The van der Waals surface area contributed by atoms with Crippen LogP contribution in [0, 0.1) is 6.92 Å². The second-order valence-corrected chi connectivity index (χ2v) is 5.27. The highest BCUT2D eigenvalue weighted by Gasteiger charge is 2.19. The van der Waals surface area contributed by atoms with Gasteiger partial charge in [0.05, 0.1) is 12.3 Å². The first kappa shape index (κ1) is 16.5. The van der Waals surface area contributed by atoms with Crippen molar-refractivity contribution in [1.29, 1.82) is 0 Å². The monoisotopic (exact) mass is 304 g/mol. The third-order valence-corrected chi connectivity index (χ3v) is 3.34. The zero-order chi connectivity index (χ0) is 15.8. The summed E-state index contributed by atoms with van der Waals surface area (Å²) in [5, 5.41) is 7.28. The molecule has 0 radical (unpaired) electrons. The van der Waals surface area contributed by atoms with Gasteiger partial charge in [0.2, 0.25) is 5.76 Å². The molecular formula is C17H24N2O3. The maximum Gasteiger partial charge on any atom is 0.262 e. The Hall–Kier alpha value is -1.85. The SMILES string of the molecule is CCC(C)NCCOC(Oc1ccccc1)c1cc(C)no1. The van der Waals surface area contributed by atoms with Gasteiger partial charge in [0, 0.05) is 18.7 Å². The van der Waals surface area contributed by atoms with Crippen molar-refractivity contribution in [3.8, 4) is 5.75 Å². The Morgan fingerprint density at radius 3 is 2.68 bits per heavy atom. The van der Waals surface area contributed by atoms with Crippen LogP contribution in [-0.2, 0) is 4.74 Å². The molecule has 0 aliphatic heterocycles. The number of rotatable bonds is 9. The largest absolute Gasteiger partial charge is 0.457 e. The highest BCUT2D eigenvalue weighted by molar-refractivity contribution is 5.21. The van der Waals surface area contributed by atoms with E-state index in [-0.39, 0.29) is 0 Å². The number of benzene rings is 1. The number of ether oxygens (including phenoxy) is 2. The molecule has 5 nitrogen and oxygen atoms in total. The molecule has 1 heterocycles. The van der Waals surface area contributed by atoms with Gasteiger partial charge in [0.15, 0.2) is 0 Å². The molecular weight excluding hydrogens is 280 g/mol. The van der Waals surface area contributed by atoms with Crippen LogP contribution in [0.4, 0.5) is 0 Å². The summed E-state index contributed by atoms with van der Waals surface area (Å²) in [6, 6.07) is 11.9. The molecule has 1 N–H and O–H groups in total. The second kappa shape index (κ2) is 8.56. The summed E-state index contributed by atoms with van der Waals surface area (Å²) in [4.78, 5) is 0. The van der Waals surface area contributed by atoms with Crippen LogP contribution in [0.2, 0.25) is 0 Å². The molecule has 1 aromatic heterocycles. The lowest BCUT2D eigenvalue weighted by atomic mass is 10.3. The Kier molecular flexibility index (Phi) is 6.43. The fraction of sp³-hybridized carbons (Fsp3) is 0.471. The van der Waals surface area contributed by atoms with Crippen molar-refractivity contribution >= 4 is 0 Å². The third-order valence-electron chi connectivity index (χ3n) is 3.34. The van der Waals surface area contributed by atoms with Crippen molar-refractivity contribution in [1.82, 2.24) is 10.5 Å². The quantitative estimate of drug-likeness (QED) is 0.568. The van der Waals surface area contributed by atoms with Crippen LogP contribution in [0.3, 0.4) is 0 Å². The maximum absolute atomic E-state index is 5.86. The Morgan fingerprint density at radius 1 is 1.27 bits per heavy atom. The van der Waals surface area contributed by atoms with Gasteiger partial charge in [-0.25, -0.2) is 0 Å². The van der Waals surface area contributed by atoms with Crippen molar-refractivity contribution < 1.29 is 14.0 Å². The predicted molar refractivity (Wildman–Crippen MR) is 84.8 cm³/mol. The predicted octanol–water partition coefficient (Wildman–Crippen LogP) is 3.47. The summed E-state index contributed by atoms with van der Waals surface area (Å²) < 4.78 is 17.0. The van der Waals surface area contributed by atoms with Gasteiger partial charge in [-0.05, 0) is 32.4 Å². The lowest BCUT2D eigenvalue weighted by Crippen LogP contribution is -2.29. The van der Waals surface area contributed by atoms with E-state index in [4.69, 9.17) is 14.0 Å². The molecule has 2 atom stereocenters. The number of aromatic nitrogens is 1. The Balaban J connectivity index is 1.93. The van der Waals surface area contributed by atoms with E-state index >= 15 is 0 Å². The minimum atomic E-state index is -0.595. The van der Waals surface area contributed by atoms with Gasteiger partial charge in [0.25, 0.3) is 6.29 Å². The van der Waals surface area contributed by atoms with Crippen LogP contribution in [0.15, 0.2) is 40.9 Å². The molecule has 22 heavy (non-hydrogen) atoms. The number of hydrogen-bond donors (Lipinski definition) is 1. The van der Waals surface area contributed by atoms with Crippen molar-refractivity contribution in [3.05, 3.63) is 47.9 Å². The molecule has 0 bridgehead atoms. The first-order valence-electron chi connectivity index (χ1n) is 7.69. The second-order valence-electron chi connectivity index (χ2n) is 5.27. The number of aryl methyl sites for hydroxylation is 1. The van der Waals surface area contributed by atoms with Crippen LogP contribution >= 0.6 is 0 Å². The van der Waals surface area contributed by atoms with E-state index in [2.05, 4.69) is 24.3 Å². The van der Waals surface area contributed by atoms with Gasteiger partial charge in [-0.15, -0.1) is 0 Å². The lowest BCUT2D eigenvalue weighted by Gasteiger charge is -2.18. The molecule has 0 spiro atoms. The molecule has 5 heteroatoms. The molecule has 2 unspecified atom stereocenters. The molecule has 0 saturated carbocycles. The van der Waals surface area contributed by atoms with Gasteiger partial charge >= 0.3 is 0 Å². The fourth-order valence-electron chi connectivity index (χ4n) is 1.91. The first-order valence-corrected chi connectivity index (χ1v) is 7.69. The van der Waals surface area contributed by atoms with E-state index in [1.807, 2.05) is 43.3 Å². The van der Waals surface area contributed by atoms with E-state index in [0.29, 0.717) is 18.4 Å². The number of nitrogens with zero attached hydrogens (tertiary/aromatic N) is 1. The third kappa shape index (κ3) is 5.16. The Bertz CT molecular complexity index is 542. The summed E-state index contributed by atoms with van der Waals surface area (Å²) in [6.45, 7) is 7.46. The van der Waals surface area contributed by atoms with Crippen LogP contribution < -0.4 is 10.1 Å². The summed E-state index contributed by atoms with van der Waals surface area (Å²) in [5.41, 5.74) is 0.804. The smallest absolute Gasteiger partial charge is 0.262 e. The summed E-state index contributed by atoms with van der Waals surface area (Å²) >= 11 is 0. The molecule has 120 valence electrons. The number of hydrogen-bond acceptors (Lipinski definition) is 5. The fourth-order valence-corrected chi connectivity index (χ4v) is 1.91.